The fraction of sp³-hybridized carbons (Fsp3) is 0.556. The summed E-state index contributed by atoms with van der Waals surface area (Å²) in [7, 11) is 0. The third-order valence-corrected chi connectivity index (χ3v) is 4.19. The number of benzene rings is 1. The number of ether oxygens (including phenoxy) is 2. The number of esters is 1. The van der Waals surface area contributed by atoms with Crippen LogP contribution in [-0.4, -0.2) is 42.2 Å². The smallest absolute Gasteiger partial charge is 0.410 e. The Kier molecular flexibility index (Phi) is 7.06. The van der Waals surface area contributed by atoms with Crippen molar-refractivity contribution in [3.63, 3.8) is 0 Å². The quantitative estimate of drug-likeness (QED) is 0.808. The highest BCUT2D eigenvalue weighted by Gasteiger charge is 2.33. The number of amides is 1. The van der Waals surface area contributed by atoms with Crippen LogP contribution >= 0.6 is 0 Å². The highest BCUT2D eigenvalue weighted by Crippen LogP contribution is 2.22. The molecule has 0 saturated carbocycles. The SMILES string of the molecule is CCOC(=O)C[C@@H](N)[C@H]1CCCCN1C(=O)OCc1ccccc1. The second kappa shape index (κ2) is 9.27. The first kappa shape index (κ1) is 18.3. The van der Waals surface area contributed by atoms with Gasteiger partial charge in [-0.15, -0.1) is 0 Å². The third-order valence-electron chi connectivity index (χ3n) is 4.19. The van der Waals surface area contributed by atoms with Crippen LogP contribution in [0.1, 0.15) is 38.2 Å². The minimum atomic E-state index is -0.436. The van der Waals surface area contributed by atoms with Gasteiger partial charge in [-0.1, -0.05) is 30.3 Å². The van der Waals surface area contributed by atoms with Gasteiger partial charge in [0.25, 0.3) is 0 Å². The van der Waals surface area contributed by atoms with Gasteiger partial charge in [-0.2, -0.15) is 0 Å². The molecule has 0 bridgehead atoms. The highest BCUT2D eigenvalue weighted by atomic mass is 16.6. The molecule has 1 aromatic rings. The lowest BCUT2D eigenvalue weighted by molar-refractivity contribution is -0.143. The van der Waals surface area contributed by atoms with Crippen LogP contribution < -0.4 is 5.73 Å². The Morgan fingerprint density at radius 3 is 2.71 bits per heavy atom. The van der Waals surface area contributed by atoms with E-state index in [4.69, 9.17) is 15.2 Å². The van der Waals surface area contributed by atoms with Gasteiger partial charge in [-0.05, 0) is 31.7 Å². The summed E-state index contributed by atoms with van der Waals surface area (Å²) in [6, 6.07) is 8.92. The van der Waals surface area contributed by atoms with E-state index in [1.165, 1.54) is 0 Å². The maximum absolute atomic E-state index is 12.4. The van der Waals surface area contributed by atoms with Gasteiger partial charge >= 0.3 is 12.1 Å². The van der Waals surface area contributed by atoms with Crippen LogP contribution in [0.15, 0.2) is 30.3 Å². The van der Waals surface area contributed by atoms with Crippen LogP contribution in [0.3, 0.4) is 0 Å². The number of likely N-dealkylation sites (tertiary alicyclic amines) is 1. The molecule has 2 atom stereocenters. The molecular weight excluding hydrogens is 308 g/mol. The Morgan fingerprint density at radius 1 is 1.25 bits per heavy atom. The summed E-state index contributed by atoms with van der Waals surface area (Å²) in [6.07, 6.45) is 2.43. The van der Waals surface area contributed by atoms with Crippen molar-refractivity contribution in [1.82, 2.24) is 4.90 Å². The fourth-order valence-electron chi connectivity index (χ4n) is 2.98. The van der Waals surface area contributed by atoms with Crippen molar-refractivity contribution in [2.75, 3.05) is 13.2 Å². The van der Waals surface area contributed by atoms with Crippen molar-refractivity contribution < 1.29 is 19.1 Å². The summed E-state index contributed by atoms with van der Waals surface area (Å²) in [4.78, 5) is 25.7. The molecule has 1 amide bonds. The lowest BCUT2D eigenvalue weighted by atomic mass is 9.94. The van der Waals surface area contributed by atoms with Crippen molar-refractivity contribution in [1.29, 1.82) is 0 Å². The van der Waals surface area contributed by atoms with E-state index >= 15 is 0 Å². The Labute approximate surface area is 142 Å². The van der Waals surface area contributed by atoms with Crippen molar-refractivity contribution in [3.05, 3.63) is 35.9 Å². The zero-order chi connectivity index (χ0) is 17.4. The van der Waals surface area contributed by atoms with Crippen molar-refractivity contribution >= 4 is 12.1 Å². The Morgan fingerprint density at radius 2 is 2.00 bits per heavy atom. The second-order valence-electron chi connectivity index (χ2n) is 5.97. The van der Waals surface area contributed by atoms with Gasteiger partial charge < -0.3 is 20.1 Å². The van der Waals surface area contributed by atoms with Gasteiger partial charge in [0.15, 0.2) is 0 Å². The van der Waals surface area contributed by atoms with E-state index in [9.17, 15) is 9.59 Å². The molecule has 24 heavy (non-hydrogen) atoms. The molecule has 0 aromatic heterocycles. The summed E-state index contributed by atoms with van der Waals surface area (Å²) in [6.45, 7) is 2.93. The lowest BCUT2D eigenvalue weighted by Crippen LogP contribution is -2.53. The average Bonchev–Trinajstić information content (AvgIpc) is 2.60. The van der Waals surface area contributed by atoms with Crippen LogP contribution in [0.2, 0.25) is 0 Å². The van der Waals surface area contributed by atoms with E-state index in [1.54, 1.807) is 11.8 Å². The molecule has 132 valence electrons. The molecule has 0 aliphatic carbocycles. The van der Waals surface area contributed by atoms with Crippen LogP contribution in [0, 0.1) is 0 Å². The Bertz CT molecular complexity index is 535. The predicted octanol–water partition coefficient (Wildman–Crippen LogP) is 2.46. The second-order valence-corrected chi connectivity index (χ2v) is 5.97. The van der Waals surface area contributed by atoms with Gasteiger partial charge in [-0.25, -0.2) is 4.79 Å². The number of hydrogen-bond donors (Lipinski definition) is 1. The van der Waals surface area contributed by atoms with Crippen LogP contribution in [0.4, 0.5) is 4.79 Å². The largest absolute Gasteiger partial charge is 0.466 e. The summed E-state index contributed by atoms with van der Waals surface area (Å²) >= 11 is 0. The van der Waals surface area contributed by atoms with Gasteiger partial charge in [0.05, 0.1) is 19.1 Å². The number of hydrogen-bond acceptors (Lipinski definition) is 5. The maximum atomic E-state index is 12.4. The molecule has 2 rings (SSSR count). The normalized spacial score (nSPS) is 18.8. The highest BCUT2D eigenvalue weighted by molar-refractivity contribution is 5.71. The van der Waals surface area contributed by atoms with Gasteiger partial charge in [-0.3, -0.25) is 4.79 Å². The molecule has 1 aromatic carbocycles. The number of nitrogens with two attached hydrogens (primary N) is 1. The first-order valence-corrected chi connectivity index (χ1v) is 8.50. The molecule has 1 fully saturated rings. The monoisotopic (exact) mass is 334 g/mol. The minimum absolute atomic E-state index is 0.112. The molecule has 6 nitrogen and oxygen atoms in total. The van der Waals surface area contributed by atoms with Crippen LogP contribution in [-0.2, 0) is 20.9 Å². The van der Waals surface area contributed by atoms with E-state index in [2.05, 4.69) is 0 Å². The summed E-state index contributed by atoms with van der Waals surface area (Å²) in [5.74, 6) is -0.326. The summed E-state index contributed by atoms with van der Waals surface area (Å²) in [5.41, 5.74) is 7.10. The predicted molar refractivity (Wildman–Crippen MR) is 90.2 cm³/mol. The Balaban J connectivity index is 1.92. The number of nitrogens with zero attached hydrogens (tertiary/aromatic N) is 1. The van der Waals surface area contributed by atoms with Crippen molar-refractivity contribution in [3.8, 4) is 0 Å². The fourth-order valence-corrected chi connectivity index (χ4v) is 2.98. The Hall–Kier alpha value is -2.08. The zero-order valence-corrected chi connectivity index (χ0v) is 14.1. The van der Waals surface area contributed by atoms with Crippen molar-refractivity contribution in [2.24, 2.45) is 5.73 Å². The van der Waals surface area contributed by atoms with E-state index < -0.39 is 6.04 Å². The molecule has 1 aliphatic heterocycles. The van der Waals surface area contributed by atoms with E-state index in [-0.39, 0.29) is 31.1 Å². The number of carbonyl (C=O) groups is 2. The molecule has 0 unspecified atom stereocenters. The third kappa shape index (κ3) is 5.23. The molecule has 2 N–H and O–H groups in total. The average molecular weight is 334 g/mol. The minimum Gasteiger partial charge on any atom is -0.466 e. The van der Waals surface area contributed by atoms with Crippen molar-refractivity contribution in [2.45, 2.75) is 51.3 Å². The van der Waals surface area contributed by atoms with E-state index in [0.717, 1.165) is 24.8 Å². The standard InChI is InChI=1S/C18H26N2O4/c1-2-23-17(21)12-15(19)16-10-6-7-11-20(16)18(22)24-13-14-8-4-3-5-9-14/h3-5,8-9,15-16H,2,6-7,10-13,19H2,1H3/t15-,16-/m1/s1. The van der Waals surface area contributed by atoms with E-state index in [1.807, 2.05) is 30.3 Å². The lowest BCUT2D eigenvalue weighted by Gasteiger charge is -2.38. The van der Waals surface area contributed by atoms with Crippen LogP contribution in [0.5, 0.6) is 0 Å². The summed E-state index contributed by atoms with van der Waals surface area (Å²) in [5, 5.41) is 0. The van der Waals surface area contributed by atoms with Crippen LogP contribution in [0.25, 0.3) is 0 Å². The first-order chi connectivity index (χ1) is 11.6. The number of carbonyl (C=O) groups excluding carboxylic acids is 2. The number of piperidine rings is 1. The van der Waals surface area contributed by atoms with Gasteiger partial charge in [0, 0.05) is 12.6 Å². The molecule has 1 heterocycles. The molecule has 6 heteroatoms. The maximum Gasteiger partial charge on any atom is 0.410 e. The summed E-state index contributed by atoms with van der Waals surface area (Å²) < 4.78 is 10.4. The van der Waals surface area contributed by atoms with E-state index in [0.29, 0.717) is 13.2 Å². The first-order valence-electron chi connectivity index (χ1n) is 8.50. The molecule has 0 spiro atoms. The molecular formula is C18H26N2O4. The number of rotatable bonds is 6. The molecule has 1 saturated heterocycles. The van der Waals surface area contributed by atoms with Gasteiger partial charge in [0.1, 0.15) is 6.61 Å². The molecule has 1 aliphatic rings. The topological polar surface area (TPSA) is 81.9 Å². The molecule has 0 radical (unpaired) electrons. The van der Waals surface area contributed by atoms with Gasteiger partial charge in [0.2, 0.25) is 0 Å². The zero-order valence-electron chi connectivity index (χ0n) is 14.1.